The van der Waals surface area contributed by atoms with E-state index in [0.717, 1.165) is 19.0 Å². The zero-order chi connectivity index (χ0) is 9.42. The third-order valence-electron chi connectivity index (χ3n) is 2.26. The van der Waals surface area contributed by atoms with Gasteiger partial charge in [0.15, 0.2) is 11.6 Å². The Kier molecular flexibility index (Phi) is 2.14. The maximum absolute atomic E-state index is 13.0. The molecule has 2 nitrogen and oxygen atoms in total. The van der Waals surface area contributed by atoms with E-state index in [9.17, 15) is 9.50 Å². The Bertz CT molecular complexity index is 339. The van der Waals surface area contributed by atoms with Crippen molar-refractivity contribution in [2.75, 3.05) is 6.54 Å². The van der Waals surface area contributed by atoms with Crippen molar-refractivity contribution in [3.8, 4) is 5.75 Å². The van der Waals surface area contributed by atoms with E-state index >= 15 is 0 Å². The summed E-state index contributed by atoms with van der Waals surface area (Å²) in [7, 11) is 0. The molecule has 2 N–H and O–H groups in total. The van der Waals surface area contributed by atoms with Crippen LogP contribution in [0.5, 0.6) is 5.75 Å². The van der Waals surface area contributed by atoms with Crippen LogP contribution in [0.2, 0.25) is 5.02 Å². The maximum Gasteiger partial charge on any atom is 0.166 e. The van der Waals surface area contributed by atoms with Gasteiger partial charge < -0.3 is 10.4 Å². The number of benzene rings is 1. The highest BCUT2D eigenvalue weighted by atomic mass is 35.5. The summed E-state index contributed by atoms with van der Waals surface area (Å²) in [6.45, 7) is 0.901. The molecule has 0 radical (unpaired) electrons. The molecule has 0 bridgehead atoms. The van der Waals surface area contributed by atoms with Gasteiger partial charge in [-0.2, -0.15) is 0 Å². The van der Waals surface area contributed by atoms with Crippen LogP contribution in [0.4, 0.5) is 4.39 Å². The molecule has 0 aliphatic carbocycles. The highest BCUT2D eigenvalue weighted by molar-refractivity contribution is 6.30. The third-order valence-corrected chi connectivity index (χ3v) is 2.48. The Morgan fingerprint density at radius 2 is 2.23 bits per heavy atom. The molecule has 0 amide bonds. The largest absolute Gasteiger partial charge is 0.505 e. The summed E-state index contributed by atoms with van der Waals surface area (Å²) >= 11 is 5.67. The van der Waals surface area contributed by atoms with Crippen molar-refractivity contribution in [2.24, 2.45) is 0 Å². The van der Waals surface area contributed by atoms with E-state index in [1.165, 1.54) is 0 Å². The van der Waals surface area contributed by atoms with E-state index in [4.69, 9.17) is 11.6 Å². The topological polar surface area (TPSA) is 32.3 Å². The molecule has 70 valence electrons. The Morgan fingerprint density at radius 1 is 1.54 bits per heavy atom. The van der Waals surface area contributed by atoms with Gasteiger partial charge in [-0.05, 0) is 25.1 Å². The number of nitrogens with one attached hydrogen (secondary N) is 1. The second-order valence-corrected chi connectivity index (χ2v) is 3.56. The lowest BCUT2D eigenvalue weighted by molar-refractivity contribution is 0.355. The molecular weight excluding hydrogens is 193 g/mol. The van der Waals surface area contributed by atoms with Crippen LogP contribution < -0.4 is 5.32 Å². The molecule has 0 saturated carbocycles. The fraction of sp³-hybridized carbons (Fsp3) is 0.333. The van der Waals surface area contributed by atoms with Gasteiger partial charge in [0.2, 0.25) is 0 Å². The van der Waals surface area contributed by atoms with Gasteiger partial charge in [-0.1, -0.05) is 11.6 Å². The van der Waals surface area contributed by atoms with Crippen molar-refractivity contribution in [1.82, 2.24) is 5.32 Å². The van der Waals surface area contributed by atoms with Crippen molar-refractivity contribution in [1.29, 1.82) is 0 Å². The number of aromatic hydroxyl groups is 1. The van der Waals surface area contributed by atoms with E-state index in [2.05, 4.69) is 5.32 Å². The molecule has 1 aliphatic rings. The first-order valence-corrected chi connectivity index (χ1v) is 4.47. The lowest BCUT2D eigenvalue weighted by Crippen LogP contribution is -2.35. The van der Waals surface area contributed by atoms with Crippen molar-refractivity contribution in [2.45, 2.75) is 12.5 Å². The average molecular weight is 202 g/mol. The van der Waals surface area contributed by atoms with Crippen molar-refractivity contribution in [3.63, 3.8) is 0 Å². The molecule has 0 unspecified atom stereocenters. The van der Waals surface area contributed by atoms with E-state index in [0.29, 0.717) is 10.6 Å². The fourth-order valence-corrected chi connectivity index (χ4v) is 1.62. The zero-order valence-electron chi connectivity index (χ0n) is 6.85. The number of phenols is 1. The molecule has 1 fully saturated rings. The molecule has 1 aromatic carbocycles. The van der Waals surface area contributed by atoms with Crippen LogP contribution in [-0.4, -0.2) is 11.7 Å². The van der Waals surface area contributed by atoms with Crippen LogP contribution in [0.15, 0.2) is 12.1 Å². The molecule has 0 spiro atoms. The van der Waals surface area contributed by atoms with Crippen LogP contribution in [-0.2, 0) is 0 Å². The Hall–Kier alpha value is -0.800. The first-order valence-electron chi connectivity index (χ1n) is 4.10. The van der Waals surface area contributed by atoms with Gasteiger partial charge in [0.25, 0.3) is 0 Å². The summed E-state index contributed by atoms with van der Waals surface area (Å²) in [4.78, 5) is 0. The van der Waals surface area contributed by atoms with Gasteiger partial charge >= 0.3 is 0 Å². The Morgan fingerprint density at radius 3 is 2.77 bits per heavy atom. The van der Waals surface area contributed by atoms with Crippen LogP contribution in [0, 0.1) is 5.82 Å². The molecule has 1 saturated heterocycles. The molecule has 1 aliphatic heterocycles. The van der Waals surface area contributed by atoms with E-state index in [-0.39, 0.29) is 11.8 Å². The van der Waals surface area contributed by atoms with Gasteiger partial charge in [0, 0.05) is 16.6 Å². The third kappa shape index (κ3) is 1.49. The van der Waals surface area contributed by atoms with Crippen LogP contribution in [0.1, 0.15) is 18.0 Å². The fourth-order valence-electron chi connectivity index (χ4n) is 1.41. The summed E-state index contributed by atoms with van der Waals surface area (Å²) in [5.41, 5.74) is 0.552. The number of halogens is 2. The molecular formula is C9H9ClFNO. The van der Waals surface area contributed by atoms with Gasteiger partial charge in [0.05, 0.1) is 0 Å². The standard InChI is InChI=1S/C9H9ClFNO/c10-5-3-6(8-1-2-12-8)9(13)7(11)4-5/h3-4,8,12-13H,1-2H2/t8-/m1/s1. The summed E-state index contributed by atoms with van der Waals surface area (Å²) in [5.74, 6) is -0.946. The quantitative estimate of drug-likeness (QED) is 0.730. The van der Waals surface area contributed by atoms with Crippen LogP contribution in [0.3, 0.4) is 0 Å². The normalized spacial score (nSPS) is 21.2. The number of phenolic OH excluding ortho intramolecular Hbond substituents is 1. The first-order chi connectivity index (χ1) is 6.18. The molecule has 4 heteroatoms. The number of hydrogen-bond donors (Lipinski definition) is 2. The zero-order valence-corrected chi connectivity index (χ0v) is 7.61. The summed E-state index contributed by atoms with van der Waals surface area (Å²) in [6, 6.07) is 2.75. The second kappa shape index (κ2) is 3.16. The van der Waals surface area contributed by atoms with Gasteiger partial charge in [-0.3, -0.25) is 0 Å². The molecule has 1 heterocycles. The SMILES string of the molecule is Oc1c(F)cc(Cl)cc1[C@H]1CCN1. The van der Waals surface area contributed by atoms with Crippen molar-refractivity contribution in [3.05, 3.63) is 28.5 Å². The Balaban J connectivity index is 2.42. The van der Waals surface area contributed by atoms with Gasteiger partial charge in [-0.25, -0.2) is 4.39 Å². The second-order valence-electron chi connectivity index (χ2n) is 3.12. The molecule has 1 atom stereocenters. The Labute approximate surface area is 80.3 Å². The summed E-state index contributed by atoms with van der Waals surface area (Å²) in [5, 5.41) is 12.8. The van der Waals surface area contributed by atoms with Crippen LogP contribution >= 0.6 is 11.6 Å². The van der Waals surface area contributed by atoms with Gasteiger partial charge in [-0.15, -0.1) is 0 Å². The maximum atomic E-state index is 13.0. The molecule has 0 aromatic heterocycles. The predicted octanol–water partition coefficient (Wildman–Crippen LogP) is 2.22. The molecule has 1 aromatic rings. The lowest BCUT2D eigenvalue weighted by Gasteiger charge is -2.28. The average Bonchev–Trinajstić information content (AvgIpc) is 1.95. The van der Waals surface area contributed by atoms with Gasteiger partial charge in [0.1, 0.15) is 0 Å². The van der Waals surface area contributed by atoms with Crippen molar-refractivity contribution >= 4 is 11.6 Å². The van der Waals surface area contributed by atoms with E-state index < -0.39 is 5.82 Å². The van der Waals surface area contributed by atoms with E-state index in [1.807, 2.05) is 0 Å². The molecule has 2 rings (SSSR count). The first kappa shape index (κ1) is 8.78. The predicted molar refractivity (Wildman–Crippen MR) is 48.4 cm³/mol. The highest BCUT2D eigenvalue weighted by Crippen LogP contribution is 2.34. The number of rotatable bonds is 1. The van der Waals surface area contributed by atoms with E-state index in [1.54, 1.807) is 6.07 Å². The monoisotopic (exact) mass is 201 g/mol. The lowest BCUT2D eigenvalue weighted by atomic mass is 9.97. The number of hydrogen-bond acceptors (Lipinski definition) is 2. The summed E-state index contributed by atoms with van der Waals surface area (Å²) in [6.07, 6.45) is 0.910. The smallest absolute Gasteiger partial charge is 0.166 e. The minimum atomic E-state index is -0.656. The minimum Gasteiger partial charge on any atom is -0.505 e. The van der Waals surface area contributed by atoms with Crippen molar-refractivity contribution < 1.29 is 9.50 Å². The minimum absolute atomic E-state index is 0.0493. The molecule has 13 heavy (non-hydrogen) atoms. The summed E-state index contributed by atoms with van der Waals surface area (Å²) < 4.78 is 13.0. The van der Waals surface area contributed by atoms with Crippen LogP contribution in [0.25, 0.3) is 0 Å². The highest BCUT2D eigenvalue weighted by Gasteiger charge is 2.23.